The molecular formula is C15H21FN2O2. The molecule has 2 N–H and O–H groups in total. The van der Waals surface area contributed by atoms with Crippen LogP contribution in [0.5, 0.6) is 0 Å². The largest absolute Gasteiger partial charge is 0.444 e. The Labute approximate surface area is 118 Å². The van der Waals surface area contributed by atoms with Gasteiger partial charge >= 0.3 is 6.09 Å². The molecule has 0 atom stereocenters. The van der Waals surface area contributed by atoms with Crippen LogP contribution in [0.15, 0.2) is 18.2 Å². The van der Waals surface area contributed by atoms with Crippen LogP contribution in [0.3, 0.4) is 0 Å². The molecule has 1 heterocycles. The molecule has 1 aliphatic rings. The van der Waals surface area contributed by atoms with Crippen LogP contribution in [-0.4, -0.2) is 24.8 Å². The molecule has 1 saturated heterocycles. The molecule has 0 spiro atoms. The van der Waals surface area contributed by atoms with Crippen LogP contribution in [0, 0.1) is 11.7 Å². The molecule has 1 amide bonds. The summed E-state index contributed by atoms with van der Waals surface area (Å²) in [5.74, 6) is 0.222. The highest BCUT2D eigenvalue weighted by atomic mass is 19.1. The number of ether oxygens (including phenoxy) is 1. The molecule has 1 aromatic carbocycles. The van der Waals surface area contributed by atoms with Gasteiger partial charge in [0, 0.05) is 5.69 Å². The third-order valence-corrected chi connectivity index (χ3v) is 3.07. The number of benzene rings is 1. The Balaban J connectivity index is 1.96. The number of halogens is 1. The van der Waals surface area contributed by atoms with Crippen LogP contribution < -0.4 is 10.6 Å². The monoisotopic (exact) mass is 280 g/mol. The molecule has 0 radical (unpaired) electrons. The van der Waals surface area contributed by atoms with E-state index in [1.165, 1.54) is 6.07 Å². The molecule has 0 unspecified atom stereocenters. The zero-order valence-corrected chi connectivity index (χ0v) is 12.1. The number of rotatable bonds is 3. The first-order valence-electron chi connectivity index (χ1n) is 6.82. The van der Waals surface area contributed by atoms with E-state index in [2.05, 4.69) is 10.6 Å². The van der Waals surface area contributed by atoms with E-state index in [0.29, 0.717) is 17.2 Å². The van der Waals surface area contributed by atoms with Crippen molar-refractivity contribution in [1.29, 1.82) is 0 Å². The van der Waals surface area contributed by atoms with Crippen LogP contribution in [0.1, 0.15) is 26.3 Å². The Hall–Kier alpha value is -1.62. The van der Waals surface area contributed by atoms with Gasteiger partial charge < -0.3 is 10.1 Å². The van der Waals surface area contributed by atoms with Gasteiger partial charge in [-0.1, -0.05) is 6.07 Å². The molecule has 0 saturated carbocycles. The smallest absolute Gasteiger partial charge is 0.412 e. The SMILES string of the molecule is CC(C)(C)OC(=O)Nc1ccc(CC2CNC2)c(F)c1. The highest BCUT2D eigenvalue weighted by molar-refractivity contribution is 5.84. The van der Waals surface area contributed by atoms with E-state index in [0.717, 1.165) is 19.5 Å². The molecule has 110 valence electrons. The number of nitrogens with one attached hydrogen (secondary N) is 2. The van der Waals surface area contributed by atoms with Crippen LogP contribution in [-0.2, 0) is 11.2 Å². The molecular weight excluding hydrogens is 259 g/mol. The first-order valence-corrected chi connectivity index (χ1v) is 6.82. The summed E-state index contributed by atoms with van der Waals surface area (Å²) in [4.78, 5) is 11.6. The minimum Gasteiger partial charge on any atom is -0.444 e. The quantitative estimate of drug-likeness (QED) is 0.895. The van der Waals surface area contributed by atoms with Crippen molar-refractivity contribution >= 4 is 11.8 Å². The van der Waals surface area contributed by atoms with E-state index in [-0.39, 0.29) is 5.82 Å². The van der Waals surface area contributed by atoms with E-state index in [1.54, 1.807) is 32.9 Å². The summed E-state index contributed by atoms with van der Waals surface area (Å²) in [5, 5.41) is 5.70. The fraction of sp³-hybridized carbons (Fsp3) is 0.533. The number of carbonyl (C=O) groups is 1. The zero-order chi connectivity index (χ0) is 14.8. The molecule has 0 aliphatic carbocycles. The number of anilines is 1. The van der Waals surface area contributed by atoms with Crippen molar-refractivity contribution in [2.24, 2.45) is 5.92 Å². The van der Waals surface area contributed by atoms with Gasteiger partial charge in [-0.2, -0.15) is 0 Å². The average Bonchev–Trinajstić information content (AvgIpc) is 2.22. The normalized spacial score (nSPS) is 15.6. The molecule has 4 nitrogen and oxygen atoms in total. The molecule has 2 rings (SSSR count). The highest BCUT2D eigenvalue weighted by Crippen LogP contribution is 2.20. The fourth-order valence-corrected chi connectivity index (χ4v) is 2.02. The van der Waals surface area contributed by atoms with Crippen molar-refractivity contribution in [1.82, 2.24) is 5.32 Å². The molecule has 1 aliphatic heterocycles. The van der Waals surface area contributed by atoms with Gasteiger partial charge in [-0.15, -0.1) is 0 Å². The number of amides is 1. The maximum absolute atomic E-state index is 13.9. The van der Waals surface area contributed by atoms with Crippen molar-refractivity contribution < 1.29 is 13.9 Å². The third kappa shape index (κ3) is 4.20. The topological polar surface area (TPSA) is 50.4 Å². The van der Waals surface area contributed by atoms with Crippen molar-refractivity contribution in [3.05, 3.63) is 29.6 Å². The van der Waals surface area contributed by atoms with E-state index in [1.807, 2.05) is 0 Å². The van der Waals surface area contributed by atoms with Gasteiger partial charge in [0.1, 0.15) is 11.4 Å². The van der Waals surface area contributed by atoms with Gasteiger partial charge in [0.25, 0.3) is 0 Å². The van der Waals surface area contributed by atoms with Crippen LogP contribution in [0.4, 0.5) is 14.9 Å². The summed E-state index contributed by atoms with van der Waals surface area (Å²) >= 11 is 0. The molecule has 1 aromatic rings. The minimum atomic E-state index is -0.576. The summed E-state index contributed by atoms with van der Waals surface area (Å²) in [6.07, 6.45) is 0.152. The Morgan fingerprint density at radius 1 is 1.45 bits per heavy atom. The summed E-state index contributed by atoms with van der Waals surface area (Å²) < 4.78 is 19.1. The first kappa shape index (κ1) is 14.8. The maximum Gasteiger partial charge on any atom is 0.412 e. The van der Waals surface area contributed by atoms with Crippen LogP contribution in [0.2, 0.25) is 0 Å². The lowest BCUT2D eigenvalue weighted by molar-refractivity contribution is 0.0636. The Morgan fingerprint density at radius 3 is 2.65 bits per heavy atom. The number of hydrogen-bond donors (Lipinski definition) is 2. The molecule has 0 bridgehead atoms. The van der Waals surface area contributed by atoms with Crippen molar-refractivity contribution in [3.8, 4) is 0 Å². The Kier molecular flexibility index (Phi) is 4.28. The number of carbonyl (C=O) groups excluding carboxylic acids is 1. The van der Waals surface area contributed by atoms with E-state index >= 15 is 0 Å². The van der Waals surface area contributed by atoms with E-state index < -0.39 is 11.7 Å². The lowest BCUT2D eigenvalue weighted by Crippen LogP contribution is -2.43. The van der Waals surface area contributed by atoms with Crippen LogP contribution in [0.25, 0.3) is 0 Å². The second-order valence-corrected chi connectivity index (χ2v) is 6.16. The van der Waals surface area contributed by atoms with Crippen molar-refractivity contribution in [2.45, 2.75) is 32.8 Å². The second-order valence-electron chi connectivity index (χ2n) is 6.16. The van der Waals surface area contributed by atoms with Crippen molar-refractivity contribution in [2.75, 3.05) is 18.4 Å². The predicted octanol–water partition coefficient (Wildman–Crippen LogP) is 2.93. The summed E-state index contributed by atoms with van der Waals surface area (Å²) in [6, 6.07) is 4.76. The fourth-order valence-electron chi connectivity index (χ4n) is 2.02. The lowest BCUT2D eigenvalue weighted by atomic mass is 9.94. The summed E-state index contributed by atoms with van der Waals surface area (Å²) in [5.41, 5.74) is 0.526. The van der Waals surface area contributed by atoms with Gasteiger partial charge in [-0.05, 0) is 63.9 Å². The summed E-state index contributed by atoms with van der Waals surface area (Å²) in [6.45, 7) is 7.23. The lowest BCUT2D eigenvalue weighted by Gasteiger charge is -2.27. The van der Waals surface area contributed by atoms with E-state index in [4.69, 9.17) is 4.74 Å². The molecule has 1 fully saturated rings. The average molecular weight is 280 g/mol. The van der Waals surface area contributed by atoms with Crippen LogP contribution >= 0.6 is 0 Å². The van der Waals surface area contributed by atoms with Gasteiger partial charge in [-0.3, -0.25) is 5.32 Å². The predicted molar refractivity (Wildman–Crippen MR) is 76.3 cm³/mol. The van der Waals surface area contributed by atoms with Gasteiger partial charge in [0.05, 0.1) is 0 Å². The maximum atomic E-state index is 13.9. The standard InChI is InChI=1S/C15H21FN2O2/c1-15(2,3)20-14(19)18-12-5-4-11(13(16)7-12)6-10-8-17-9-10/h4-5,7,10,17H,6,8-9H2,1-3H3,(H,18,19). The molecule has 0 aromatic heterocycles. The van der Waals surface area contributed by atoms with Gasteiger partial charge in [0.15, 0.2) is 0 Å². The second kappa shape index (κ2) is 5.79. The Bertz CT molecular complexity index is 493. The van der Waals surface area contributed by atoms with Crippen molar-refractivity contribution in [3.63, 3.8) is 0 Å². The first-order chi connectivity index (χ1) is 9.33. The number of hydrogen-bond acceptors (Lipinski definition) is 3. The van der Waals surface area contributed by atoms with Gasteiger partial charge in [0.2, 0.25) is 0 Å². The minimum absolute atomic E-state index is 0.287. The highest BCUT2D eigenvalue weighted by Gasteiger charge is 2.19. The third-order valence-electron chi connectivity index (χ3n) is 3.07. The zero-order valence-electron chi connectivity index (χ0n) is 12.1. The van der Waals surface area contributed by atoms with Gasteiger partial charge in [-0.25, -0.2) is 9.18 Å². The molecule has 20 heavy (non-hydrogen) atoms. The summed E-state index contributed by atoms with van der Waals surface area (Å²) in [7, 11) is 0. The Morgan fingerprint density at radius 2 is 2.15 bits per heavy atom. The van der Waals surface area contributed by atoms with E-state index in [9.17, 15) is 9.18 Å². The molecule has 5 heteroatoms.